The molecule has 5 heteroatoms. The molecular formula is C26H31F5. The molecular weight excluding hydrogens is 407 g/mol. The largest absolute Gasteiger partial charge is 0.255 e. The molecule has 0 spiro atoms. The van der Waals surface area contributed by atoms with Crippen LogP contribution in [0.3, 0.4) is 0 Å². The van der Waals surface area contributed by atoms with Gasteiger partial charge in [0.2, 0.25) is 0 Å². The van der Waals surface area contributed by atoms with E-state index in [1.54, 1.807) is 12.1 Å². The van der Waals surface area contributed by atoms with E-state index in [1.165, 1.54) is 18.2 Å². The molecule has 0 nitrogen and oxygen atoms in total. The number of unbranched alkanes of at least 4 members (excludes halogenated alkanes) is 2. The zero-order chi connectivity index (χ0) is 22.6. The van der Waals surface area contributed by atoms with Crippen LogP contribution in [0.25, 0.3) is 0 Å². The van der Waals surface area contributed by atoms with E-state index in [0.29, 0.717) is 30.4 Å². The third-order valence-corrected chi connectivity index (χ3v) is 6.52. The quantitative estimate of drug-likeness (QED) is 0.286. The zero-order valence-electron chi connectivity index (χ0n) is 18.3. The predicted molar refractivity (Wildman–Crippen MR) is 114 cm³/mol. The Morgan fingerprint density at radius 1 is 0.839 bits per heavy atom. The van der Waals surface area contributed by atoms with Crippen molar-refractivity contribution in [3.8, 4) is 0 Å². The summed E-state index contributed by atoms with van der Waals surface area (Å²) in [6.07, 6.45) is 4.33. The van der Waals surface area contributed by atoms with Crippen LogP contribution in [0.4, 0.5) is 22.0 Å². The molecule has 1 saturated carbocycles. The van der Waals surface area contributed by atoms with Crippen molar-refractivity contribution in [3.05, 3.63) is 70.0 Å². The zero-order valence-corrected chi connectivity index (χ0v) is 18.3. The number of hydrogen-bond donors (Lipinski definition) is 0. The van der Waals surface area contributed by atoms with Crippen molar-refractivity contribution in [2.45, 2.75) is 89.4 Å². The highest BCUT2D eigenvalue weighted by molar-refractivity contribution is 5.33. The SMILES string of the molecule is CCCCCc1ccc(C2CCC(c3ccc(CCC)c(F)c3)CC2(F)F)c(F)c1F. The van der Waals surface area contributed by atoms with Gasteiger partial charge in [-0.2, -0.15) is 0 Å². The molecule has 1 fully saturated rings. The third-order valence-electron chi connectivity index (χ3n) is 6.52. The highest BCUT2D eigenvalue weighted by Gasteiger charge is 2.47. The molecule has 2 unspecified atom stereocenters. The summed E-state index contributed by atoms with van der Waals surface area (Å²) in [4.78, 5) is 0. The lowest BCUT2D eigenvalue weighted by molar-refractivity contribution is -0.0625. The summed E-state index contributed by atoms with van der Waals surface area (Å²) < 4.78 is 73.7. The average molecular weight is 439 g/mol. The van der Waals surface area contributed by atoms with E-state index >= 15 is 8.78 Å². The fraction of sp³-hybridized carbons (Fsp3) is 0.538. The van der Waals surface area contributed by atoms with Crippen LogP contribution in [0.2, 0.25) is 0 Å². The van der Waals surface area contributed by atoms with E-state index in [0.717, 1.165) is 25.7 Å². The number of rotatable bonds is 8. The second kappa shape index (κ2) is 10.1. The third kappa shape index (κ3) is 5.30. The van der Waals surface area contributed by atoms with Crippen molar-refractivity contribution in [3.63, 3.8) is 0 Å². The number of hydrogen-bond acceptors (Lipinski definition) is 0. The second-order valence-corrected chi connectivity index (χ2v) is 8.79. The van der Waals surface area contributed by atoms with E-state index in [4.69, 9.17) is 0 Å². The number of benzene rings is 2. The first-order chi connectivity index (χ1) is 14.8. The molecule has 2 aromatic rings. The molecule has 31 heavy (non-hydrogen) atoms. The first-order valence-corrected chi connectivity index (χ1v) is 11.4. The van der Waals surface area contributed by atoms with Crippen LogP contribution in [0.1, 0.15) is 92.9 Å². The van der Waals surface area contributed by atoms with Gasteiger partial charge in [-0.3, -0.25) is 0 Å². The Bertz CT molecular complexity index is 890. The number of alkyl halides is 2. The molecule has 0 heterocycles. The monoisotopic (exact) mass is 438 g/mol. The number of aryl methyl sites for hydroxylation is 2. The highest BCUT2D eigenvalue weighted by Crippen LogP contribution is 2.50. The maximum absolute atomic E-state index is 15.1. The minimum Gasteiger partial charge on any atom is -0.207 e. The maximum atomic E-state index is 15.1. The fourth-order valence-corrected chi connectivity index (χ4v) is 4.74. The van der Waals surface area contributed by atoms with Gasteiger partial charge >= 0.3 is 0 Å². The van der Waals surface area contributed by atoms with Gasteiger partial charge in [-0.15, -0.1) is 0 Å². The van der Waals surface area contributed by atoms with E-state index in [-0.39, 0.29) is 23.4 Å². The van der Waals surface area contributed by atoms with Crippen LogP contribution < -0.4 is 0 Å². The van der Waals surface area contributed by atoms with Crippen molar-refractivity contribution in [1.29, 1.82) is 0 Å². The van der Waals surface area contributed by atoms with Crippen LogP contribution in [-0.2, 0) is 12.8 Å². The molecule has 3 rings (SSSR count). The Labute approximate surface area is 181 Å². The standard InChI is InChI=1S/C26H31F5/c1-3-5-6-8-18-11-13-21(25(29)24(18)28)22-14-12-20(16-26(22,30)31)19-10-9-17(7-4-2)23(27)15-19/h9-11,13,15,20,22H,3-8,12,14,16H2,1-2H3. The molecule has 2 atom stereocenters. The minimum atomic E-state index is -3.20. The lowest BCUT2D eigenvalue weighted by atomic mass is 9.73. The summed E-state index contributed by atoms with van der Waals surface area (Å²) in [6, 6.07) is 7.54. The average Bonchev–Trinajstić information content (AvgIpc) is 2.73. The van der Waals surface area contributed by atoms with E-state index in [2.05, 4.69) is 0 Å². The summed E-state index contributed by atoms with van der Waals surface area (Å²) in [7, 11) is 0. The van der Waals surface area contributed by atoms with Gasteiger partial charge in [0, 0.05) is 6.42 Å². The Hall–Kier alpha value is -1.91. The topological polar surface area (TPSA) is 0 Å². The molecule has 170 valence electrons. The second-order valence-electron chi connectivity index (χ2n) is 8.79. The summed E-state index contributed by atoms with van der Waals surface area (Å²) in [6.45, 7) is 3.97. The van der Waals surface area contributed by atoms with Crippen LogP contribution in [0.5, 0.6) is 0 Å². The van der Waals surface area contributed by atoms with Crippen molar-refractivity contribution in [1.82, 2.24) is 0 Å². The van der Waals surface area contributed by atoms with Crippen molar-refractivity contribution in [2.24, 2.45) is 0 Å². The molecule has 0 aliphatic heterocycles. The molecule has 1 aliphatic carbocycles. The lowest BCUT2D eigenvalue weighted by Crippen LogP contribution is -2.34. The first kappa shape index (κ1) is 23.7. The van der Waals surface area contributed by atoms with Crippen molar-refractivity contribution < 1.29 is 22.0 Å². The van der Waals surface area contributed by atoms with Crippen LogP contribution in [0.15, 0.2) is 30.3 Å². The van der Waals surface area contributed by atoms with Crippen LogP contribution in [-0.4, -0.2) is 5.92 Å². The lowest BCUT2D eigenvalue weighted by Gasteiger charge is -2.36. The van der Waals surface area contributed by atoms with E-state index in [9.17, 15) is 13.2 Å². The van der Waals surface area contributed by atoms with Crippen LogP contribution >= 0.6 is 0 Å². The maximum Gasteiger partial charge on any atom is 0.255 e. The summed E-state index contributed by atoms with van der Waals surface area (Å²) in [5.41, 5.74) is 1.13. The molecule has 1 aliphatic rings. The van der Waals surface area contributed by atoms with Crippen molar-refractivity contribution >= 4 is 0 Å². The van der Waals surface area contributed by atoms with Gasteiger partial charge in [0.25, 0.3) is 5.92 Å². The van der Waals surface area contributed by atoms with Gasteiger partial charge in [-0.25, -0.2) is 22.0 Å². The molecule has 0 amide bonds. The summed E-state index contributed by atoms with van der Waals surface area (Å²) >= 11 is 0. The smallest absolute Gasteiger partial charge is 0.207 e. The first-order valence-electron chi connectivity index (χ1n) is 11.4. The highest BCUT2D eigenvalue weighted by atomic mass is 19.3. The molecule has 0 bridgehead atoms. The molecule has 0 saturated heterocycles. The van der Waals surface area contributed by atoms with Gasteiger partial charge in [0.15, 0.2) is 11.6 Å². The van der Waals surface area contributed by atoms with Crippen molar-refractivity contribution in [2.75, 3.05) is 0 Å². The summed E-state index contributed by atoms with van der Waals surface area (Å²) in [5, 5.41) is 0. The molecule has 2 aromatic carbocycles. The molecule has 0 aromatic heterocycles. The van der Waals surface area contributed by atoms with Gasteiger partial charge in [-0.05, 0) is 66.3 Å². The van der Waals surface area contributed by atoms with E-state index < -0.39 is 35.8 Å². The Morgan fingerprint density at radius 2 is 1.58 bits per heavy atom. The number of halogens is 5. The van der Waals surface area contributed by atoms with Gasteiger partial charge in [0.05, 0.1) is 5.92 Å². The minimum absolute atomic E-state index is 0.0293. The summed E-state index contributed by atoms with van der Waals surface area (Å²) in [5.74, 6) is -7.58. The van der Waals surface area contributed by atoms with E-state index in [1.807, 2.05) is 13.8 Å². The Morgan fingerprint density at radius 3 is 2.23 bits per heavy atom. The molecule has 0 N–H and O–H groups in total. The fourth-order valence-electron chi connectivity index (χ4n) is 4.74. The Balaban J connectivity index is 1.77. The van der Waals surface area contributed by atoms with Gasteiger partial charge in [-0.1, -0.05) is 57.4 Å². The van der Waals surface area contributed by atoms with Gasteiger partial charge < -0.3 is 0 Å². The normalized spacial score (nSPS) is 20.7. The molecule has 0 radical (unpaired) electrons. The predicted octanol–water partition coefficient (Wildman–Crippen LogP) is 8.48. The Kier molecular flexibility index (Phi) is 7.77. The van der Waals surface area contributed by atoms with Gasteiger partial charge in [0.1, 0.15) is 5.82 Å². The van der Waals surface area contributed by atoms with Crippen LogP contribution in [0, 0.1) is 17.5 Å².